The Morgan fingerprint density at radius 1 is 1.28 bits per heavy atom. The second kappa shape index (κ2) is 7.92. The number of halogens is 1. The molecule has 0 saturated carbocycles. The lowest BCUT2D eigenvalue weighted by Crippen LogP contribution is -2.32. The molecule has 1 atom stereocenters. The van der Waals surface area contributed by atoms with Gasteiger partial charge in [-0.1, -0.05) is 19.1 Å². The van der Waals surface area contributed by atoms with E-state index in [-0.39, 0.29) is 12.5 Å². The first kappa shape index (κ1) is 18.6. The van der Waals surface area contributed by atoms with Crippen LogP contribution in [0.4, 0.5) is 4.39 Å². The van der Waals surface area contributed by atoms with Crippen LogP contribution in [-0.2, 0) is 11.3 Å². The lowest BCUT2D eigenvalue weighted by molar-refractivity contribution is -0.138. The van der Waals surface area contributed by atoms with Crippen LogP contribution in [0.25, 0.3) is 0 Å². The van der Waals surface area contributed by atoms with Gasteiger partial charge in [0.2, 0.25) is 0 Å². The molecule has 2 rings (SSSR count). The van der Waals surface area contributed by atoms with Crippen LogP contribution in [0, 0.1) is 19.7 Å². The fourth-order valence-electron chi connectivity index (χ4n) is 2.78. The van der Waals surface area contributed by atoms with Gasteiger partial charge in [-0.15, -0.1) is 0 Å². The predicted octanol–water partition coefficient (Wildman–Crippen LogP) is 2.65. The largest absolute Gasteiger partial charge is 0.481 e. The van der Waals surface area contributed by atoms with Gasteiger partial charge in [-0.2, -0.15) is 5.10 Å². The molecule has 0 aliphatic rings. The van der Waals surface area contributed by atoms with Crippen LogP contribution in [-0.4, -0.2) is 33.3 Å². The number of hydrogen-bond acceptors (Lipinski definition) is 3. The summed E-state index contributed by atoms with van der Waals surface area (Å²) in [6.07, 6.45) is 0.897. The Balaban J connectivity index is 2.14. The quantitative estimate of drug-likeness (QED) is 0.806. The van der Waals surface area contributed by atoms with Gasteiger partial charge in [0.25, 0.3) is 5.91 Å². The zero-order valence-electron chi connectivity index (χ0n) is 14.5. The second-order valence-corrected chi connectivity index (χ2v) is 5.92. The van der Waals surface area contributed by atoms with Crippen LogP contribution in [0.1, 0.15) is 46.6 Å². The lowest BCUT2D eigenvalue weighted by Gasteiger charge is -2.14. The molecule has 6 nitrogen and oxygen atoms in total. The van der Waals surface area contributed by atoms with E-state index in [1.165, 1.54) is 24.3 Å². The van der Waals surface area contributed by atoms with Crippen LogP contribution in [0.15, 0.2) is 24.3 Å². The van der Waals surface area contributed by atoms with Crippen LogP contribution in [0.3, 0.4) is 0 Å². The van der Waals surface area contributed by atoms with E-state index in [0.29, 0.717) is 23.4 Å². The van der Waals surface area contributed by atoms with Gasteiger partial charge in [0.05, 0.1) is 17.2 Å². The number of nitrogens with zero attached hydrogens (tertiary/aromatic N) is 2. The average molecular weight is 347 g/mol. The summed E-state index contributed by atoms with van der Waals surface area (Å²) in [4.78, 5) is 24.0. The Labute approximate surface area is 145 Å². The zero-order valence-corrected chi connectivity index (χ0v) is 14.5. The molecule has 0 bridgehead atoms. The molecular formula is C18H22FN3O3. The minimum absolute atomic E-state index is 0.0857. The van der Waals surface area contributed by atoms with E-state index in [4.69, 9.17) is 0 Å². The summed E-state index contributed by atoms with van der Waals surface area (Å²) in [5, 5.41) is 16.4. The molecular weight excluding hydrogens is 325 g/mol. The Morgan fingerprint density at radius 2 is 1.92 bits per heavy atom. The SMILES string of the molecule is CCCn1nc(C)c(C(=O)NCC(C(=O)O)c2ccc(F)cc2)c1C. The molecule has 1 amide bonds. The molecule has 1 unspecified atom stereocenters. The fourth-order valence-corrected chi connectivity index (χ4v) is 2.78. The van der Waals surface area contributed by atoms with Gasteiger partial charge in [0.15, 0.2) is 0 Å². The highest BCUT2D eigenvalue weighted by molar-refractivity contribution is 5.96. The van der Waals surface area contributed by atoms with Crippen molar-refractivity contribution in [2.24, 2.45) is 0 Å². The standard InChI is InChI=1S/C18H22FN3O3/c1-4-9-22-12(3)16(11(2)21-22)17(23)20-10-15(18(24)25)13-5-7-14(19)8-6-13/h5-8,15H,4,9-10H2,1-3H3,(H,20,23)(H,24,25). The van der Waals surface area contributed by atoms with E-state index in [9.17, 15) is 19.1 Å². The summed E-state index contributed by atoms with van der Waals surface area (Å²) in [6.45, 7) is 6.23. The van der Waals surface area contributed by atoms with Crippen LogP contribution in [0.5, 0.6) is 0 Å². The van der Waals surface area contributed by atoms with E-state index < -0.39 is 17.7 Å². The lowest BCUT2D eigenvalue weighted by atomic mass is 9.99. The maximum Gasteiger partial charge on any atom is 0.312 e. The Morgan fingerprint density at radius 3 is 2.48 bits per heavy atom. The number of nitrogens with one attached hydrogen (secondary N) is 1. The number of carbonyl (C=O) groups is 2. The highest BCUT2D eigenvalue weighted by Gasteiger charge is 2.23. The third-order valence-corrected chi connectivity index (χ3v) is 4.08. The molecule has 2 N–H and O–H groups in total. The topological polar surface area (TPSA) is 84.2 Å². The van der Waals surface area contributed by atoms with Crippen molar-refractivity contribution in [3.63, 3.8) is 0 Å². The molecule has 134 valence electrons. The normalized spacial score (nSPS) is 12.0. The number of rotatable bonds is 7. The summed E-state index contributed by atoms with van der Waals surface area (Å²) in [5.74, 6) is -2.82. The summed E-state index contributed by atoms with van der Waals surface area (Å²) < 4.78 is 14.8. The summed E-state index contributed by atoms with van der Waals surface area (Å²) in [5.41, 5.74) is 2.27. The molecule has 1 aromatic heterocycles. The van der Waals surface area contributed by atoms with E-state index in [1.54, 1.807) is 11.6 Å². The van der Waals surface area contributed by atoms with E-state index >= 15 is 0 Å². The van der Waals surface area contributed by atoms with E-state index in [0.717, 1.165) is 12.1 Å². The fraction of sp³-hybridized carbons (Fsp3) is 0.389. The van der Waals surface area contributed by atoms with Crippen molar-refractivity contribution in [1.29, 1.82) is 0 Å². The molecule has 0 saturated heterocycles. The van der Waals surface area contributed by atoms with Gasteiger partial charge in [-0.05, 0) is 38.0 Å². The number of carboxylic acids is 1. The smallest absolute Gasteiger partial charge is 0.312 e. The van der Waals surface area contributed by atoms with Crippen molar-refractivity contribution >= 4 is 11.9 Å². The van der Waals surface area contributed by atoms with E-state index in [1.807, 2.05) is 13.8 Å². The molecule has 1 heterocycles. The molecule has 0 aliphatic heterocycles. The van der Waals surface area contributed by atoms with Crippen LogP contribution >= 0.6 is 0 Å². The number of carbonyl (C=O) groups excluding carboxylic acids is 1. The third-order valence-electron chi connectivity index (χ3n) is 4.08. The minimum Gasteiger partial charge on any atom is -0.481 e. The number of aromatic nitrogens is 2. The van der Waals surface area contributed by atoms with Crippen LogP contribution in [0.2, 0.25) is 0 Å². The molecule has 1 aromatic carbocycles. The second-order valence-electron chi connectivity index (χ2n) is 5.92. The van der Waals surface area contributed by atoms with Gasteiger partial charge in [-0.25, -0.2) is 4.39 Å². The molecule has 7 heteroatoms. The third kappa shape index (κ3) is 4.23. The highest BCUT2D eigenvalue weighted by Crippen LogP contribution is 2.17. The van der Waals surface area contributed by atoms with Gasteiger partial charge in [0, 0.05) is 18.8 Å². The first-order valence-corrected chi connectivity index (χ1v) is 8.15. The molecule has 25 heavy (non-hydrogen) atoms. The Kier molecular flexibility index (Phi) is 5.90. The van der Waals surface area contributed by atoms with Crippen molar-refractivity contribution in [1.82, 2.24) is 15.1 Å². The maximum atomic E-state index is 13.0. The Bertz CT molecular complexity index is 769. The molecule has 0 radical (unpaired) electrons. The summed E-state index contributed by atoms with van der Waals surface area (Å²) in [6, 6.07) is 5.23. The zero-order chi connectivity index (χ0) is 18.6. The number of benzene rings is 1. The average Bonchev–Trinajstić information content (AvgIpc) is 2.83. The highest BCUT2D eigenvalue weighted by atomic mass is 19.1. The number of carboxylic acid groups (broad SMARTS) is 1. The maximum absolute atomic E-state index is 13.0. The number of amides is 1. The number of aliphatic carboxylic acids is 1. The van der Waals surface area contributed by atoms with Crippen molar-refractivity contribution in [3.8, 4) is 0 Å². The monoisotopic (exact) mass is 347 g/mol. The molecule has 2 aromatic rings. The molecule has 0 aliphatic carbocycles. The predicted molar refractivity (Wildman–Crippen MR) is 91.1 cm³/mol. The van der Waals surface area contributed by atoms with Gasteiger partial charge < -0.3 is 10.4 Å². The first-order valence-electron chi connectivity index (χ1n) is 8.15. The molecule has 0 fully saturated rings. The number of hydrogen-bond donors (Lipinski definition) is 2. The van der Waals surface area contributed by atoms with Gasteiger partial charge >= 0.3 is 5.97 Å². The Hall–Kier alpha value is -2.70. The summed E-state index contributed by atoms with van der Waals surface area (Å²) >= 11 is 0. The first-order chi connectivity index (χ1) is 11.8. The van der Waals surface area contributed by atoms with E-state index in [2.05, 4.69) is 10.4 Å². The van der Waals surface area contributed by atoms with Crippen LogP contribution < -0.4 is 5.32 Å². The summed E-state index contributed by atoms with van der Waals surface area (Å²) in [7, 11) is 0. The van der Waals surface area contributed by atoms with Crippen molar-refractivity contribution in [2.45, 2.75) is 39.7 Å². The minimum atomic E-state index is -1.08. The van der Waals surface area contributed by atoms with Crippen molar-refractivity contribution in [3.05, 3.63) is 52.6 Å². The van der Waals surface area contributed by atoms with Gasteiger partial charge in [0.1, 0.15) is 5.82 Å². The number of aryl methyl sites for hydroxylation is 2. The van der Waals surface area contributed by atoms with Crippen molar-refractivity contribution in [2.75, 3.05) is 6.54 Å². The van der Waals surface area contributed by atoms with Crippen molar-refractivity contribution < 1.29 is 19.1 Å². The van der Waals surface area contributed by atoms with Gasteiger partial charge in [-0.3, -0.25) is 14.3 Å². The molecule has 0 spiro atoms.